The van der Waals surface area contributed by atoms with Crippen molar-refractivity contribution in [3.8, 4) is 5.75 Å². The van der Waals surface area contributed by atoms with Crippen LogP contribution in [0.15, 0.2) is 18.2 Å². The summed E-state index contributed by atoms with van der Waals surface area (Å²) in [5.41, 5.74) is 2.39. The summed E-state index contributed by atoms with van der Waals surface area (Å²) in [5, 5.41) is 18.2. The van der Waals surface area contributed by atoms with Gasteiger partial charge in [0.1, 0.15) is 16.9 Å². The molecule has 0 radical (unpaired) electrons. The molecule has 2 N–H and O–H groups in total. The molecule has 1 aliphatic carbocycles. The molecular weight excluding hydrogens is 342 g/mol. The van der Waals surface area contributed by atoms with Crippen molar-refractivity contribution in [1.82, 2.24) is 5.32 Å². The van der Waals surface area contributed by atoms with E-state index in [1.54, 1.807) is 17.4 Å². The summed E-state index contributed by atoms with van der Waals surface area (Å²) < 4.78 is 5.33. The molecule has 0 fully saturated rings. The van der Waals surface area contributed by atoms with E-state index in [1.807, 2.05) is 0 Å². The monoisotopic (exact) mass is 359 g/mol. The number of rotatable bonds is 3. The minimum absolute atomic E-state index is 0.0388. The first-order valence-corrected chi connectivity index (χ1v) is 8.94. The number of aryl methyl sites for hydroxylation is 1. The molecule has 4 rings (SSSR count). The summed E-state index contributed by atoms with van der Waals surface area (Å²) in [6.07, 6.45) is 3.63. The lowest BCUT2D eigenvalue weighted by Crippen LogP contribution is -2.38. The predicted octanol–water partition coefficient (Wildman–Crippen LogP) is 3.40. The summed E-state index contributed by atoms with van der Waals surface area (Å²) in [7, 11) is 1.50. The van der Waals surface area contributed by atoms with Crippen molar-refractivity contribution < 1.29 is 14.5 Å². The Morgan fingerprint density at radius 2 is 2.08 bits per heavy atom. The summed E-state index contributed by atoms with van der Waals surface area (Å²) in [6, 6.07) is 4.38. The van der Waals surface area contributed by atoms with Crippen LogP contribution in [0, 0.1) is 10.1 Å². The molecule has 0 unspecified atom stereocenters. The predicted molar refractivity (Wildman–Crippen MR) is 94.4 cm³/mol. The van der Waals surface area contributed by atoms with E-state index in [0.29, 0.717) is 11.3 Å². The lowest BCUT2D eigenvalue weighted by molar-refractivity contribution is -0.385. The largest absolute Gasteiger partial charge is 0.496 e. The van der Waals surface area contributed by atoms with E-state index in [2.05, 4.69) is 10.6 Å². The Bertz CT molecular complexity index is 877. The van der Waals surface area contributed by atoms with E-state index < -0.39 is 11.1 Å². The minimum Gasteiger partial charge on any atom is -0.496 e. The molecule has 1 amide bonds. The summed E-state index contributed by atoms with van der Waals surface area (Å²) in [6.45, 7) is 0. The van der Waals surface area contributed by atoms with Gasteiger partial charge in [0.2, 0.25) is 0 Å². The molecule has 130 valence electrons. The lowest BCUT2D eigenvalue weighted by Gasteiger charge is -2.27. The number of thiophene rings is 1. The van der Waals surface area contributed by atoms with Crippen molar-refractivity contribution in [1.29, 1.82) is 0 Å². The van der Waals surface area contributed by atoms with Gasteiger partial charge in [-0.2, -0.15) is 0 Å². The second kappa shape index (κ2) is 6.03. The van der Waals surface area contributed by atoms with Crippen molar-refractivity contribution >= 4 is 27.9 Å². The number of nitro benzene ring substituents is 1. The molecular formula is C17H17N3O4S. The van der Waals surface area contributed by atoms with Gasteiger partial charge in [-0.3, -0.25) is 14.9 Å². The number of fused-ring (bicyclic) bond motifs is 3. The van der Waals surface area contributed by atoms with Crippen LogP contribution in [0.25, 0.3) is 0 Å². The fourth-order valence-corrected chi connectivity index (χ4v) is 4.81. The van der Waals surface area contributed by atoms with Gasteiger partial charge in [-0.1, -0.05) is 0 Å². The third-order valence-corrected chi connectivity index (χ3v) is 5.91. The number of hydrogen-bond donors (Lipinski definition) is 2. The number of nitro groups is 1. The fourth-order valence-electron chi connectivity index (χ4n) is 3.49. The number of hydrogen-bond acceptors (Lipinski definition) is 6. The Morgan fingerprint density at radius 3 is 2.84 bits per heavy atom. The topological polar surface area (TPSA) is 93.5 Å². The second-order valence-electron chi connectivity index (χ2n) is 6.15. The standard InChI is InChI=1S/C17H17N3O4S/c1-24-12-7-6-9(20(22)23)8-11(12)15-18-16(21)14-10-4-2-3-5-13(10)25-17(14)19-15/h6-8,15,19H,2-5H2,1H3,(H,18,21)/t15-/m1/s1. The number of benzene rings is 1. The molecule has 7 nitrogen and oxygen atoms in total. The summed E-state index contributed by atoms with van der Waals surface area (Å²) in [5.74, 6) is 0.361. The number of non-ortho nitro benzene ring substituents is 1. The van der Waals surface area contributed by atoms with Gasteiger partial charge in [0.25, 0.3) is 11.6 Å². The first-order chi connectivity index (χ1) is 12.1. The molecule has 0 spiro atoms. The van der Waals surface area contributed by atoms with Gasteiger partial charge in [-0.15, -0.1) is 11.3 Å². The molecule has 0 bridgehead atoms. The maximum absolute atomic E-state index is 12.7. The van der Waals surface area contributed by atoms with Crippen LogP contribution in [0.3, 0.4) is 0 Å². The van der Waals surface area contributed by atoms with E-state index >= 15 is 0 Å². The number of nitrogens with one attached hydrogen (secondary N) is 2. The zero-order valence-corrected chi connectivity index (χ0v) is 14.4. The molecule has 2 aliphatic rings. The van der Waals surface area contributed by atoms with Gasteiger partial charge in [0, 0.05) is 22.6 Å². The quantitative estimate of drug-likeness (QED) is 0.647. The number of carbonyl (C=O) groups excluding carboxylic acids is 1. The fraction of sp³-hybridized carbons (Fsp3) is 0.353. The molecule has 0 saturated heterocycles. The molecule has 8 heteroatoms. The molecule has 25 heavy (non-hydrogen) atoms. The highest BCUT2D eigenvalue weighted by Crippen LogP contribution is 2.42. The maximum atomic E-state index is 12.7. The van der Waals surface area contributed by atoms with Crippen LogP contribution in [0.4, 0.5) is 10.7 Å². The summed E-state index contributed by atoms with van der Waals surface area (Å²) >= 11 is 1.62. The Labute approximate surface area is 148 Å². The van der Waals surface area contributed by atoms with Crippen LogP contribution in [0.1, 0.15) is 45.4 Å². The van der Waals surface area contributed by atoms with Crippen LogP contribution >= 0.6 is 11.3 Å². The Morgan fingerprint density at radius 1 is 1.28 bits per heavy atom. The minimum atomic E-state index is -0.560. The zero-order chi connectivity index (χ0) is 17.6. The Kier molecular flexibility index (Phi) is 3.84. The van der Waals surface area contributed by atoms with Crippen molar-refractivity contribution in [2.75, 3.05) is 12.4 Å². The SMILES string of the molecule is COc1ccc([N+](=O)[O-])cc1[C@@H]1NC(=O)c2c(sc3c2CCCC3)N1. The third kappa shape index (κ3) is 2.62. The van der Waals surface area contributed by atoms with Crippen LogP contribution in [-0.2, 0) is 12.8 Å². The van der Waals surface area contributed by atoms with Crippen molar-refractivity contribution in [3.63, 3.8) is 0 Å². The van der Waals surface area contributed by atoms with Crippen molar-refractivity contribution in [3.05, 3.63) is 49.9 Å². The van der Waals surface area contributed by atoms with E-state index in [-0.39, 0.29) is 11.6 Å². The van der Waals surface area contributed by atoms with E-state index in [0.717, 1.165) is 41.8 Å². The van der Waals surface area contributed by atoms with E-state index in [1.165, 1.54) is 24.1 Å². The maximum Gasteiger partial charge on any atom is 0.270 e. The molecule has 1 atom stereocenters. The first-order valence-electron chi connectivity index (χ1n) is 8.12. The van der Waals surface area contributed by atoms with E-state index in [9.17, 15) is 14.9 Å². The highest BCUT2D eigenvalue weighted by molar-refractivity contribution is 7.16. The second-order valence-corrected chi connectivity index (χ2v) is 7.25. The Balaban J connectivity index is 1.74. The van der Waals surface area contributed by atoms with Crippen molar-refractivity contribution in [2.45, 2.75) is 31.8 Å². The molecule has 2 heterocycles. The molecule has 1 aromatic heterocycles. The lowest BCUT2D eigenvalue weighted by atomic mass is 9.94. The van der Waals surface area contributed by atoms with Crippen LogP contribution in [0.2, 0.25) is 0 Å². The van der Waals surface area contributed by atoms with Crippen LogP contribution in [0.5, 0.6) is 5.75 Å². The number of methoxy groups -OCH3 is 1. The smallest absolute Gasteiger partial charge is 0.270 e. The van der Waals surface area contributed by atoms with Crippen LogP contribution < -0.4 is 15.4 Å². The molecule has 1 aromatic carbocycles. The molecule has 1 aliphatic heterocycles. The van der Waals surface area contributed by atoms with Gasteiger partial charge < -0.3 is 15.4 Å². The highest BCUT2D eigenvalue weighted by Gasteiger charge is 2.33. The van der Waals surface area contributed by atoms with Crippen LogP contribution in [-0.4, -0.2) is 17.9 Å². The number of nitrogens with zero attached hydrogens (tertiary/aromatic N) is 1. The van der Waals surface area contributed by atoms with Gasteiger partial charge in [-0.25, -0.2) is 0 Å². The van der Waals surface area contributed by atoms with Gasteiger partial charge in [-0.05, 0) is 37.3 Å². The molecule has 0 saturated carbocycles. The first kappa shape index (κ1) is 15.9. The number of anilines is 1. The highest BCUT2D eigenvalue weighted by atomic mass is 32.1. The number of ether oxygens (including phenoxy) is 1. The van der Waals surface area contributed by atoms with E-state index in [4.69, 9.17) is 4.74 Å². The average Bonchev–Trinajstić information content (AvgIpc) is 2.99. The van der Waals surface area contributed by atoms with Gasteiger partial charge in [0.05, 0.1) is 17.6 Å². The zero-order valence-electron chi connectivity index (χ0n) is 13.6. The summed E-state index contributed by atoms with van der Waals surface area (Å²) in [4.78, 5) is 24.6. The van der Waals surface area contributed by atoms with Gasteiger partial charge >= 0.3 is 0 Å². The number of amides is 1. The van der Waals surface area contributed by atoms with Gasteiger partial charge in [0.15, 0.2) is 0 Å². The third-order valence-electron chi connectivity index (χ3n) is 4.68. The van der Waals surface area contributed by atoms with Crippen molar-refractivity contribution in [2.24, 2.45) is 0 Å². The molecule has 2 aromatic rings. The Hall–Kier alpha value is -2.61. The number of carbonyl (C=O) groups is 1. The average molecular weight is 359 g/mol. The normalized spacial score (nSPS) is 18.6.